The van der Waals surface area contributed by atoms with E-state index in [1.807, 2.05) is 6.92 Å². The highest BCUT2D eigenvalue weighted by Crippen LogP contribution is 2.22. The van der Waals surface area contributed by atoms with E-state index < -0.39 is 0 Å². The molecule has 1 heterocycles. The fraction of sp³-hybridized carbons (Fsp3) is 0.333. The number of thiophene rings is 1. The lowest BCUT2D eigenvalue weighted by Crippen LogP contribution is -1.78. The van der Waals surface area contributed by atoms with Crippen molar-refractivity contribution in [2.75, 3.05) is 5.73 Å². The summed E-state index contributed by atoms with van der Waals surface area (Å²) in [6.07, 6.45) is 0. The Bertz CT molecular complexity index is 171. The summed E-state index contributed by atoms with van der Waals surface area (Å²) in [7, 11) is 0. The van der Waals surface area contributed by atoms with Crippen molar-refractivity contribution in [3.63, 3.8) is 0 Å². The van der Waals surface area contributed by atoms with Gasteiger partial charge < -0.3 is 5.73 Å². The predicted molar refractivity (Wildman–Crippen MR) is 38.2 cm³/mol. The third-order valence-corrected chi connectivity index (χ3v) is 2.06. The molecule has 2 N–H and O–H groups in total. The minimum absolute atomic E-state index is 0.947. The van der Waals surface area contributed by atoms with Crippen LogP contribution in [0.15, 0.2) is 6.07 Å². The van der Waals surface area contributed by atoms with E-state index in [0.717, 1.165) is 5.00 Å². The fourth-order valence-corrected chi connectivity index (χ4v) is 1.46. The van der Waals surface area contributed by atoms with Gasteiger partial charge >= 0.3 is 0 Å². The first-order valence-electron chi connectivity index (χ1n) is 2.52. The average molecular weight is 127 g/mol. The fourth-order valence-electron chi connectivity index (χ4n) is 0.659. The van der Waals surface area contributed by atoms with Crippen LogP contribution < -0.4 is 5.73 Å². The number of hydrogen-bond donors (Lipinski definition) is 1. The normalized spacial score (nSPS) is 9.75. The maximum Gasteiger partial charge on any atom is 0.0888 e. The zero-order valence-corrected chi connectivity index (χ0v) is 5.88. The van der Waals surface area contributed by atoms with Gasteiger partial charge in [-0.05, 0) is 25.5 Å². The van der Waals surface area contributed by atoms with E-state index in [9.17, 15) is 0 Å². The molecule has 0 fully saturated rings. The van der Waals surface area contributed by atoms with Crippen LogP contribution in [0.25, 0.3) is 0 Å². The van der Waals surface area contributed by atoms with Crippen LogP contribution in [0.3, 0.4) is 0 Å². The van der Waals surface area contributed by atoms with Gasteiger partial charge in [0.25, 0.3) is 0 Å². The van der Waals surface area contributed by atoms with Crippen molar-refractivity contribution in [3.05, 3.63) is 16.5 Å². The van der Waals surface area contributed by atoms with Crippen molar-refractivity contribution < 1.29 is 0 Å². The van der Waals surface area contributed by atoms with E-state index in [1.165, 1.54) is 10.4 Å². The molecule has 0 spiro atoms. The molecule has 0 saturated heterocycles. The molecule has 0 amide bonds. The van der Waals surface area contributed by atoms with E-state index >= 15 is 0 Å². The Hall–Kier alpha value is -0.500. The Kier molecular flexibility index (Phi) is 1.26. The first-order chi connectivity index (χ1) is 3.70. The third-order valence-electron chi connectivity index (χ3n) is 1.08. The second kappa shape index (κ2) is 1.78. The van der Waals surface area contributed by atoms with Gasteiger partial charge in [0.2, 0.25) is 0 Å². The van der Waals surface area contributed by atoms with Gasteiger partial charge in [-0.1, -0.05) is 0 Å². The van der Waals surface area contributed by atoms with E-state index in [2.05, 4.69) is 13.0 Å². The molecule has 2 heteroatoms. The first kappa shape index (κ1) is 5.63. The van der Waals surface area contributed by atoms with Crippen molar-refractivity contribution in [2.45, 2.75) is 13.8 Å². The van der Waals surface area contributed by atoms with Gasteiger partial charge in [-0.3, -0.25) is 0 Å². The summed E-state index contributed by atoms with van der Waals surface area (Å²) < 4.78 is 0. The Morgan fingerprint density at radius 1 is 1.50 bits per heavy atom. The Morgan fingerprint density at radius 2 is 2.12 bits per heavy atom. The molecular weight excluding hydrogens is 118 g/mol. The highest BCUT2D eigenvalue weighted by atomic mass is 32.1. The standard InChI is InChI=1S/C6H9NS/c1-4-3-5(2)8-6(4)7/h3H,7H2,1-2H3. The van der Waals surface area contributed by atoms with Gasteiger partial charge in [0.15, 0.2) is 0 Å². The molecule has 0 atom stereocenters. The zero-order valence-electron chi connectivity index (χ0n) is 5.06. The van der Waals surface area contributed by atoms with Gasteiger partial charge in [-0.25, -0.2) is 0 Å². The molecule has 1 aromatic rings. The summed E-state index contributed by atoms with van der Waals surface area (Å²) in [4.78, 5) is 1.29. The molecule has 0 aliphatic rings. The second-order valence-corrected chi connectivity index (χ2v) is 3.19. The van der Waals surface area contributed by atoms with Crippen molar-refractivity contribution in [2.24, 2.45) is 0 Å². The van der Waals surface area contributed by atoms with E-state index in [4.69, 9.17) is 5.73 Å². The molecule has 8 heavy (non-hydrogen) atoms. The molecule has 0 radical (unpaired) electrons. The topological polar surface area (TPSA) is 26.0 Å². The summed E-state index contributed by atoms with van der Waals surface area (Å²) in [6, 6.07) is 2.10. The molecular formula is C6H9NS. The van der Waals surface area contributed by atoms with Crippen LogP contribution in [0.4, 0.5) is 5.00 Å². The Balaban J connectivity index is 3.14. The smallest absolute Gasteiger partial charge is 0.0888 e. The lowest BCUT2D eigenvalue weighted by atomic mass is 10.3. The van der Waals surface area contributed by atoms with E-state index in [0.29, 0.717) is 0 Å². The van der Waals surface area contributed by atoms with Crippen LogP contribution in [0.1, 0.15) is 10.4 Å². The number of nitrogens with two attached hydrogens (primary N) is 1. The summed E-state index contributed by atoms with van der Waals surface area (Å²) in [5.74, 6) is 0. The van der Waals surface area contributed by atoms with Crippen LogP contribution >= 0.6 is 11.3 Å². The molecule has 0 bridgehead atoms. The highest BCUT2D eigenvalue weighted by Gasteiger charge is 1.94. The lowest BCUT2D eigenvalue weighted by Gasteiger charge is -1.80. The van der Waals surface area contributed by atoms with Crippen LogP contribution in [0.5, 0.6) is 0 Å². The quantitative estimate of drug-likeness (QED) is 0.566. The predicted octanol–water partition coefficient (Wildman–Crippen LogP) is 1.95. The van der Waals surface area contributed by atoms with Gasteiger partial charge in [-0.2, -0.15) is 0 Å². The number of aryl methyl sites for hydroxylation is 2. The van der Waals surface area contributed by atoms with Crippen LogP contribution in [0.2, 0.25) is 0 Å². The Labute approximate surface area is 53.1 Å². The van der Waals surface area contributed by atoms with Crippen molar-refractivity contribution in [3.8, 4) is 0 Å². The second-order valence-electron chi connectivity index (χ2n) is 1.90. The minimum atomic E-state index is 0.947. The minimum Gasteiger partial charge on any atom is -0.390 e. The molecule has 1 aromatic heterocycles. The first-order valence-corrected chi connectivity index (χ1v) is 3.34. The van der Waals surface area contributed by atoms with Gasteiger partial charge in [-0.15, -0.1) is 11.3 Å². The lowest BCUT2D eigenvalue weighted by molar-refractivity contribution is 1.51. The van der Waals surface area contributed by atoms with Crippen LogP contribution in [-0.4, -0.2) is 0 Å². The SMILES string of the molecule is Cc1cc(C)c(N)s1. The van der Waals surface area contributed by atoms with Crippen molar-refractivity contribution in [1.29, 1.82) is 0 Å². The molecule has 0 saturated carbocycles. The number of nitrogen functional groups attached to an aromatic ring is 1. The maximum atomic E-state index is 5.56. The van der Waals surface area contributed by atoms with Crippen LogP contribution in [-0.2, 0) is 0 Å². The monoisotopic (exact) mass is 127 g/mol. The number of rotatable bonds is 0. The van der Waals surface area contributed by atoms with E-state index in [1.54, 1.807) is 11.3 Å². The number of anilines is 1. The van der Waals surface area contributed by atoms with Crippen molar-refractivity contribution >= 4 is 16.3 Å². The average Bonchev–Trinajstić information content (AvgIpc) is 1.85. The molecule has 0 aromatic carbocycles. The molecule has 0 aliphatic heterocycles. The van der Waals surface area contributed by atoms with Crippen LogP contribution in [0, 0.1) is 13.8 Å². The molecule has 0 unspecified atom stereocenters. The zero-order chi connectivity index (χ0) is 6.15. The van der Waals surface area contributed by atoms with Crippen molar-refractivity contribution in [1.82, 2.24) is 0 Å². The summed E-state index contributed by atoms with van der Waals surface area (Å²) in [5.41, 5.74) is 6.76. The highest BCUT2D eigenvalue weighted by molar-refractivity contribution is 7.16. The van der Waals surface area contributed by atoms with Gasteiger partial charge in [0.05, 0.1) is 5.00 Å². The summed E-state index contributed by atoms with van der Waals surface area (Å²) in [6.45, 7) is 4.09. The van der Waals surface area contributed by atoms with Gasteiger partial charge in [0, 0.05) is 4.88 Å². The molecule has 1 nitrogen and oxygen atoms in total. The van der Waals surface area contributed by atoms with Gasteiger partial charge in [0.1, 0.15) is 0 Å². The summed E-state index contributed by atoms with van der Waals surface area (Å²) >= 11 is 1.65. The molecule has 44 valence electrons. The number of hydrogen-bond acceptors (Lipinski definition) is 2. The van der Waals surface area contributed by atoms with E-state index in [-0.39, 0.29) is 0 Å². The maximum absolute atomic E-state index is 5.56. The Morgan fingerprint density at radius 3 is 2.25 bits per heavy atom. The summed E-state index contributed by atoms with van der Waals surface area (Å²) in [5, 5.41) is 0.947. The largest absolute Gasteiger partial charge is 0.390 e. The molecule has 1 rings (SSSR count). The molecule has 0 aliphatic carbocycles. The third kappa shape index (κ3) is 0.842.